The van der Waals surface area contributed by atoms with E-state index in [9.17, 15) is 13.2 Å². The van der Waals surface area contributed by atoms with Gasteiger partial charge in [0.2, 0.25) is 10.0 Å². The van der Waals surface area contributed by atoms with Crippen LogP contribution in [0.3, 0.4) is 0 Å². The van der Waals surface area contributed by atoms with Crippen molar-refractivity contribution in [2.75, 3.05) is 32.9 Å². The van der Waals surface area contributed by atoms with Gasteiger partial charge in [0.05, 0.1) is 24.7 Å². The van der Waals surface area contributed by atoms with Crippen LogP contribution >= 0.6 is 0 Å². The molecule has 150 valence electrons. The van der Waals surface area contributed by atoms with Gasteiger partial charge >= 0.3 is 0 Å². The molecule has 0 atom stereocenters. The number of nitrogens with zero attached hydrogens (tertiary/aromatic N) is 1. The summed E-state index contributed by atoms with van der Waals surface area (Å²) in [4.78, 5) is 12.6. The molecule has 0 aliphatic carbocycles. The number of hydrogen-bond donors (Lipinski definition) is 1. The van der Waals surface area contributed by atoms with E-state index in [2.05, 4.69) is 5.32 Å². The number of carbonyl (C=O) groups is 1. The topological polar surface area (TPSA) is 84.9 Å². The first-order chi connectivity index (χ1) is 13.5. The predicted octanol–water partition coefficient (Wildman–Crippen LogP) is 2.04. The molecule has 8 heteroatoms. The van der Waals surface area contributed by atoms with Crippen LogP contribution in [0.4, 0.5) is 0 Å². The Labute approximate surface area is 165 Å². The number of rotatable bonds is 7. The summed E-state index contributed by atoms with van der Waals surface area (Å²) in [6, 6.07) is 13.6. The van der Waals surface area contributed by atoms with E-state index in [-0.39, 0.29) is 17.3 Å². The largest absolute Gasteiger partial charge is 0.494 e. The maximum atomic E-state index is 13.0. The molecule has 1 saturated heterocycles. The van der Waals surface area contributed by atoms with Crippen LogP contribution in [0.2, 0.25) is 0 Å². The Morgan fingerprint density at radius 1 is 1.11 bits per heavy atom. The van der Waals surface area contributed by atoms with Crippen molar-refractivity contribution in [2.24, 2.45) is 0 Å². The molecule has 1 amide bonds. The first-order valence-corrected chi connectivity index (χ1v) is 10.6. The molecule has 1 heterocycles. The number of benzene rings is 2. The Bertz CT molecular complexity index is 906. The minimum atomic E-state index is -3.63. The quantitative estimate of drug-likeness (QED) is 0.763. The summed E-state index contributed by atoms with van der Waals surface area (Å²) in [5.74, 6) is 0.419. The van der Waals surface area contributed by atoms with Crippen LogP contribution in [0.15, 0.2) is 53.4 Å². The molecule has 0 aromatic heterocycles. The smallest absolute Gasteiger partial charge is 0.251 e. The molecule has 28 heavy (non-hydrogen) atoms. The fraction of sp³-hybridized carbons (Fsp3) is 0.350. The second-order valence-electron chi connectivity index (χ2n) is 6.26. The number of nitrogens with one attached hydrogen (secondary N) is 1. The lowest BCUT2D eigenvalue weighted by atomic mass is 10.2. The Kier molecular flexibility index (Phi) is 6.66. The van der Waals surface area contributed by atoms with Crippen molar-refractivity contribution in [2.45, 2.75) is 18.4 Å². The van der Waals surface area contributed by atoms with Gasteiger partial charge in [0, 0.05) is 25.2 Å². The van der Waals surface area contributed by atoms with E-state index in [1.807, 2.05) is 6.92 Å². The first-order valence-electron chi connectivity index (χ1n) is 9.19. The van der Waals surface area contributed by atoms with Crippen molar-refractivity contribution < 1.29 is 22.7 Å². The highest BCUT2D eigenvalue weighted by Crippen LogP contribution is 2.21. The highest BCUT2D eigenvalue weighted by Gasteiger charge is 2.28. The zero-order valence-electron chi connectivity index (χ0n) is 15.8. The molecular formula is C20H24N2O5S. The molecule has 2 aromatic carbocycles. The molecule has 0 spiro atoms. The second-order valence-corrected chi connectivity index (χ2v) is 8.17. The van der Waals surface area contributed by atoms with E-state index in [1.165, 1.54) is 4.31 Å². The molecule has 0 saturated carbocycles. The Balaban J connectivity index is 1.72. The SMILES string of the molecule is CCOc1ccc(C(=O)NCc2ccccc2S(=O)(=O)N2CCOCC2)cc1. The van der Waals surface area contributed by atoms with Crippen molar-refractivity contribution in [3.8, 4) is 5.75 Å². The Hall–Kier alpha value is -2.42. The van der Waals surface area contributed by atoms with Gasteiger partial charge in [-0.15, -0.1) is 0 Å². The predicted molar refractivity (Wildman–Crippen MR) is 105 cm³/mol. The highest BCUT2D eigenvalue weighted by molar-refractivity contribution is 7.89. The van der Waals surface area contributed by atoms with Crippen molar-refractivity contribution in [3.63, 3.8) is 0 Å². The van der Waals surface area contributed by atoms with Crippen LogP contribution in [0, 0.1) is 0 Å². The Morgan fingerprint density at radius 2 is 1.79 bits per heavy atom. The van der Waals surface area contributed by atoms with E-state index in [0.29, 0.717) is 49.8 Å². The van der Waals surface area contributed by atoms with Gasteiger partial charge in [-0.25, -0.2) is 8.42 Å². The van der Waals surface area contributed by atoms with Crippen LogP contribution < -0.4 is 10.1 Å². The van der Waals surface area contributed by atoms with E-state index in [0.717, 1.165) is 0 Å². The van der Waals surface area contributed by atoms with Crippen LogP contribution in [-0.4, -0.2) is 51.5 Å². The molecule has 7 nitrogen and oxygen atoms in total. The number of morpholine rings is 1. The van der Waals surface area contributed by atoms with Gasteiger partial charge in [0.25, 0.3) is 5.91 Å². The van der Waals surface area contributed by atoms with Gasteiger partial charge in [0.15, 0.2) is 0 Å². The lowest BCUT2D eigenvalue weighted by Crippen LogP contribution is -2.41. The van der Waals surface area contributed by atoms with Gasteiger partial charge in [-0.1, -0.05) is 18.2 Å². The third-order valence-electron chi connectivity index (χ3n) is 4.43. The van der Waals surface area contributed by atoms with Gasteiger partial charge < -0.3 is 14.8 Å². The number of amides is 1. The van der Waals surface area contributed by atoms with E-state index >= 15 is 0 Å². The molecule has 0 bridgehead atoms. The van der Waals surface area contributed by atoms with Crippen molar-refractivity contribution >= 4 is 15.9 Å². The van der Waals surface area contributed by atoms with Gasteiger partial charge in [-0.05, 0) is 42.8 Å². The summed E-state index contributed by atoms with van der Waals surface area (Å²) in [7, 11) is -3.63. The minimum Gasteiger partial charge on any atom is -0.494 e. The number of sulfonamides is 1. The van der Waals surface area contributed by atoms with E-state index in [1.54, 1.807) is 48.5 Å². The second kappa shape index (κ2) is 9.18. The van der Waals surface area contributed by atoms with Crippen molar-refractivity contribution in [3.05, 3.63) is 59.7 Å². The molecule has 3 rings (SSSR count). The lowest BCUT2D eigenvalue weighted by Gasteiger charge is -2.27. The zero-order valence-corrected chi connectivity index (χ0v) is 16.6. The van der Waals surface area contributed by atoms with Crippen LogP contribution in [0.5, 0.6) is 5.75 Å². The molecule has 1 fully saturated rings. The molecule has 2 aromatic rings. The van der Waals surface area contributed by atoms with Crippen LogP contribution in [0.1, 0.15) is 22.8 Å². The zero-order chi connectivity index (χ0) is 20.0. The van der Waals surface area contributed by atoms with E-state index < -0.39 is 10.0 Å². The molecule has 0 unspecified atom stereocenters. The average molecular weight is 404 g/mol. The number of ether oxygens (including phenoxy) is 2. The van der Waals surface area contributed by atoms with Crippen LogP contribution in [0.25, 0.3) is 0 Å². The average Bonchev–Trinajstić information content (AvgIpc) is 2.73. The number of carbonyl (C=O) groups excluding carboxylic acids is 1. The fourth-order valence-electron chi connectivity index (χ4n) is 2.97. The summed E-state index contributed by atoms with van der Waals surface area (Å²) < 4.78 is 38.0. The van der Waals surface area contributed by atoms with E-state index in [4.69, 9.17) is 9.47 Å². The monoisotopic (exact) mass is 404 g/mol. The molecule has 1 aliphatic rings. The summed E-state index contributed by atoms with van der Waals surface area (Å²) in [5, 5.41) is 2.79. The van der Waals surface area contributed by atoms with Gasteiger partial charge in [-0.3, -0.25) is 4.79 Å². The summed E-state index contributed by atoms with van der Waals surface area (Å²) in [6.07, 6.45) is 0. The third-order valence-corrected chi connectivity index (χ3v) is 6.43. The van der Waals surface area contributed by atoms with Gasteiger partial charge in [0.1, 0.15) is 5.75 Å². The van der Waals surface area contributed by atoms with Crippen molar-refractivity contribution in [1.82, 2.24) is 9.62 Å². The summed E-state index contributed by atoms with van der Waals surface area (Å²) >= 11 is 0. The highest BCUT2D eigenvalue weighted by atomic mass is 32.2. The molecule has 1 aliphatic heterocycles. The molecular weight excluding hydrogens is 380 g/mol. The molecule has 0 radical (unpaired) electrons. The van der Waals surface area contributed by atoms with Crippen molar-refractivity contribution in [1.29, 1.82) is 0 Å². The Morgan fingerprint density at radius 3 is 2.46 bits per heavy atom. The van der Waals surface area contributed by atoms with Gasteiger partial charge in [-0.2, -0.15) is 4.31 Å². The lowest BCUT2D eigenvalue weighted by molar-refractivity contribution is 0.0730. The standard InChI is InChI=1S/C20H24N2O5S/c1-2-27-18-9-7-16(8-10-18)20(23)21-15-17-5-3-4-6-19(17)28(24,25)22-11-13-26-14-12-22/h3-10H,2,11-15H2,1H3,(H,21,23). The first kappa shape index (κ1) is 20.3. The van der Waals surface area contributed by atoms with Crippen LogP contribution in [-0.2, 0) is 21.3 Å². The fourth-order valence-corrected chi connectivity index (χ4v) is 4.60. The maximum Gasteiger partial charge on any atom is 0.251 e. The minimum absolute atomic E-state index is 0.117. The third kappa shape index (κ3) is 4.70. The summed E-state index contributed by atoms with van der Waals surface area (Å²) in [5.41, 5.74) is 1.03. The maximum absolute atomic E-state index is 13.0. The number of hydrogen-bond acceptors (Lipinski definition) is 5. The summed E-state index contributed by atoms with van der Waals surface area (Å²) in [6.45, 7) is 3.99. The molecule has 1 N–H and O–H groups in total. The normalized spacial score (nSPS) is 15.2.